The fourth-order valence-electron chi connectivity index (χ4n) is 1.35. The summed E-state index contributed by atoms with van der Waals surface area (Å²) in [4.78, 5) is 35.8. The lowest BCUT2D eigenvalue weighted by atomic mass is 10.2. The highest BCUT2D eigenvalue weighted by Gasteiger charge is 2.20. The molecule has 1 heterocycles. The molecule has 0 saturated carbocycles. The smallest absolute Gasteiger partial charge is 0.300 e. The van der Waals surface area contributed by atoms with Gasteiger partial charge < -0.3 is 16.8 Å². The van der Waals surface area contributed by atoms with Crippen LogP contribution in [0.3, 0.4) is 0 Å². The quantitative estimate of drug-likeness (QED) is 0.361. The van der Waals surface area contributed by atoms with Crippen molar-refractivity contribution in [2.24, 2.45) is 5.73 Å². The summed E-state index contributed by atoms with van der Waals surface area (Å²) in [7, 11) is 0. The summed E-state index contributed by atoms with van der Waals surface area (Å²) in [5.74, 6) is -1.12. The molecule has 0 saturated heterocycles. The van der Waals surface area contributed by atoms with Gasteiger partial charge in [-0.2, -0.15) is 0 Å². The first kappa shape index (κ1) is 14.4. The Balaban J connectivity index is 2.73. The van der Waals surface area contributed by atoms with E-state index in [-0.39, 0.29) is 24.3 Å². The zero-order chi connectivity index (χ0) is 14.4. The van der Waals surface area contributed by atoms with Gasteiger partial charge in [0.15, 0.2) is 0 Å². The topological polar surface area (TPSA) is 154 Å². The van der Waals surface area contributed by atoms with Crippen molar-refractivity contribution >= 4 is 23.3 Å². The maximum absolute atomic E-state index is 11.8. The molecule has 0 aliphatic heterocycles. The number of nitrogens with one attached hydrogen (secondary N) is 1. The average Bonchev–Trinajstić information content (AvgIpc) is 2.33. The molecule has 0 spiro atoms. The summed E-state index contributed by atoms with van der Waals surface area (Å²) < 4.78 is 0. The Bertz CT molecular complexity index is 517. The first-order valence-corrected chi connectivity index (χ1v) is 5.38. The maximum Gasteiger partial charge on any atom is 0.300 e. The number of carbonyl (C=O) groups is 2. The minimum absolute atomic E-state index is 0.00730. The summed E-state index contributed by atoms with van der Waals surface area (Å²) >= 11 is 0. The molecule has 1 aromatic heterocycles. The lowest BCUT2D eigenvalue weighted by molar-refractivity contribution is -0.385. The van der Waals surface area contributed by atoms with Gasteiger partial charge in [0.1, 0.15) is 17.6 Å². The van der Waals surface area contributed by atoms with Crippen LogP contribution >= 0.6 is 0 Å². The monoisotopic (exact) mass is 267 g/mol. The maximum atomic E-state index is 11.8. The number of nitro groups is 1. The Morgan fingerprint density at radius 1 is 1.47 bits per heavy atom. The van der Waals surface area contributed by atoms with Crippen molar-refractivity contribution in [2.45, 2.75) is 12.8 Å². The van der Waals surface area contributed by atoms with Crippen molar-refractivity contribution in [3.63, 3.8) is 0 Å². The van der Waals surface area contributed by atoms with Gasteiger partial charge in [-0.05, 0) is 12.5 Å². The Morgan fingerprint density at radius 2 is 2.16 bits per heavy atom. The third kappa shape index (κ3) is 4.22. The molecule has 0 aliphatic carbocycles. The van der Waals surface area contributed by atoms with E-state index in [2.05, 4.69) is 10.3 Å². The van der Waals surface area contributed by atoms with Crippen molar-refractivity contribution in [2.75, 3.05) is 12.3 Å². The van der Waals surface area contributed by atoms with E-state index in [1.807, 2.05) is 0 Å². The van der Waals surface area contributed by atoms with Crippen LogP contribution in [0, 0.1) is 10.1 Å². The summed E-state index contributed by atoms with van der Waals surface area (Å²) in [5, 5.41) is 13.2. The minimum Gasteiger partial charge on any atom is -0.384 e. The number of primary amides is 1. The predicted molar refractivity (Wildman–Crippen MR) is 66.1 cm³/mol. The normalized spacial score (nSPS) is 9.89. The first-order chi connectivity index (χ1) is 8.91. The second kappa shape index (κ2) is 6.28. The largest absolute Gasteiger partial charge is 0.384 e. The van der Waals surface area contributed by atoms with Gasteiger partial charge in [-0.3, -0.25) is 19.7 Å². The lowest BCUT2D eigenvalue weighted by Crippen LogP contribution is -2.26. The number of amides is 2. The third-order valence-corrected chi connectivity index (χ3v) is 2.23. The second-order valence-corrected chi connectivity index (χ2v) is 3.71. The molecule has 0 unspecified atom stereocenters. The number of anilines is 1. The van der Waals surface area contributed by atoms with Gasteiger partial charge in [-0.25, -0.2) is 4.98 Å². The van der Waals surface area contributed by atoms with Crippen LogP contribution in [0.1, 0.15) is 23.2 Å². The summed E-state index contributed by atoms with van der Waals surface area (Å²) in [6.07, 6.45) is 1.41. The molecule has 9 nitrogen and oxygen atoms in total. The first-order valence-electron chi connectivity index (χ1n) is 5.38. The molecule has 19 heavy (non-hydrogen) atoms. The number of pyridine rings is 1. The van der Waals surface area contributed by atoms with Gasteiger partial charge in [-0.15, -0.1) is 0 Å². The van der Waals surface area contributed by atoms with Crippen LogP contribution in [-0.4, -0.2) is 28.3 Å². The van der Waals surface area contributed by atoms with E-state index in [4.69, 9.17) is 11.5 Å². The van der Waals surface area contributed by atoms with E-state index in [1.165, 1.54) is 0 Å². The molecular weight excluding hydrogens is 254 g/mol. The van der Waals surface area contributed by atoms with Crippen LogP contribution in [0.15, 0.2) is 12.3 Å². The number of hydrogen-bond acceptors (Lipinski definition) is 6. The Labute approximate surface area is 108 Å². The Kier molecular flexibility index (Phi) is 4.75. The van der Waals surface area contributed by atoms with E-state index in [9.17, 15) is 19.7 Å². The summed E-state index contributed by atoms with van der Waals surface area (Å²) in [6, 6.07) is 1.13. The highest BCUT2D eigenvalue weighted by molar-refractivity contribution is 5.98. The Morgan fingerprint density at radius 3 is 2.74 bits per heavy atom. The van der Waals surface area contributed by atoms with Gasteiger partial charge >= 0.3 is 0 Å². The van der Waals surface area contributed by atoms with Gasteiger partial charge in [0.05, 0.1) is 4.92 Å². The fraction of sp³-hybridized carbons (Fsp3) is 0.300. The molecule has 0 aliphatic rings. The summed E-state index contributed by atoms with van der Waals surface area (Å²) in [6.45, 7) is 0.182. The number of rotatable bonds is 6. The predicted octanol–water partition coefficient (Wildman–Crippen LogP) is -0.433. The molecule has 5 N–H and O–H groups in total. The highest BCUT2D eigenvalue weighted by atomic mass is 16.6. The van der Waals surface area contributed by atoms with Crippen LogP contribution in [0.5, 0.6) is 0 Å². The molecule has 2 amide bonds. The fourth-order valence-corrected chi connectivity index (χ4v) is 1.35. The highest BCUT2D eigenvalue weighted by Crippen LogP contribution is 2.18. The Hall–Kier alpha value is -2.71. The van der Waals surface area contributed by atoms with Gasteiger partial charge in [0.2, 0.25) is 5.91 Å². The average molecular weight is 267 g/mol. The standard InChI is InChI=1S/C10H13N5O4/c11-8-4-6(7(5-14-8)15(18)19)10(17)13-3-1-2-9(12)16/h4-5H,1-3H2,(H2,11,14)(H2,12,16)(H,13,17). The summed E-state index contributed by atoms with van der Waals surface area (Å²) in [5.41, 5.74) is 9.72. The molecule has 1 aromatic rings. The van der Waals surface area contributed by atoms with Crippen LogP contribution in [0.2, 0.25) is 0 Å². The van der Waals surface area contributed by atoms with Gasteiger partial charge in [0, 0.05) is 13.0 Å². The van der Waals surface area contributed by atoms with E-state index >= 15 is 0 Å². The second-order valence-electron chi connectivity index (χ2n) is 3.71. The van der Waals surface area contributed by atoms with Gasteiger partial charge in [-0.1, -0.05) is 0 Å². The molecule has 9 heteroatoms. The number of nitrogens with two attached hydrogens (primary N) is 2. The zero-order valence-electron chi connectivity index (χ0n) is 9.96. The van der Waals surface area contributed by atoms with Crippen molar-refractivity contribution in [3.8, 4) is 0 Å². The molecule has 1 rings (SSSR count). The molecule has 0 radical (unpaired) electrons. The molecular formula is C10H13N5O4. The third-order valence-electron chi connectivity index (χ3n) is 2.23. The number of aromatic nitrogens is 1. The number of nitrogens with zero attached hydrogens (tertiary/aromatic N) is 2. The van der Waals surface area contributed by atoms with Gasteiger partial charge in [0.25, 0.3) is 11.6 Å². The lowest BCUT2D eigenvalue weighted by Gasteiger charge is -2.05. The van der Waals surface area contributed by atoms with Crippen LogP contribution in [0.25, 0.3) is 0 Å². The molecule has 0 atom stereocenters. The zero-order valence-corrected chi connectivity index (χ0v) is 9.96. The van der Waals surface area contributed by atoms with E-state index in [0.29, 0.717) is 6.42 Å². The van der Waals surface area contributed by atoms with E-state index in [1.54, 1.807) is 0 Å². The molecule has 0 fully saturated rings. The van der Waals surface area contributed by atoms with Crippen LogP contribution < -0.4 is 16.8 Å². The van der Waals surface area contributed by atoms with Crippen molar-refractivity contribution < 1.29 is 14.5 Å². The minimum atomic E-state index is -0.717. The van der Waals surface area contributed by atoms with Crippen molar-refractivity contribution in [1.29, 1.82) is 0 Å². The number of nitrogen functional groups attached to an aromatic ring is 1. The van der Waals surface area contributed by atoms with Crippen molar-refractivity contribution in [3.05, 3.63) is 27.9 Å². The van der Waals surface area contributed by atoms with E-state index < -0.39 is 22.4 Å². The van der Waals surface area contributed by atoms with E-state index in [0.717, 1.165) is 12.3 Å². The molecule has 0 bridgehead atoms. The van der Waals surface area contributed by atoms with Crippen LogP contribution in [0.4, 0.5) is 11.5 Å². The number of carbonyl (C=O) groups excluding carboxylic acids is 2. The molecule has 0 aromatic carbocycles. The molecule has 102 valence electrons. The number of hydrogen-bond donors (Lipinski definition) is 3. The van der Waals surface area contributed by atoms with Crippen LogP contribution in [-0.2, 0) is 4.79 Å². The SMILES string of the molecule is NC(=O)CCCNC(=O)c1cc(N)ncc1[N+](=O)[O-]. The van der Waals surface area contributed by atoms with Crippen molar-refractivity contribution in [1.82, 2.24) is 10.3 Å².